The van der Waals surface area contributed by atoms with Gasteiger partial charge in [0, 0.05) is 5.56 Å². The molecule has 1 atom stereocenters. The number of hydrogen-bond acceptors (Lipinski definition) is 1. The first kappa shape index (κ1) is 34.5. The van der Waals surface area contributed by atoms with Gasteiger partial charge in [-0.05, 0) is 53.7 Å². The van der Waals surface area contributed by atoms with Crippen molar-refractivity contribution in [3.63, 3.8) is 0 Å². The molecule has 0 aliphatic heterocycles. The number of allylic oxidation sites excluding steroid dienone is 3. The number of aromatic nitrogens is 1. The predicted octanol–water partition coefficient (Wildman–Crippen LogP) is 12.4. The summed E-state index contributed by atoms with van der Waals surface area (Å²) in [6.45, 7) is 8.99. The molecule has 2 aliphatic rings. The van der Waals surface area contributed by atoms with Crippen molar-refractivity contribution in [1.82, 2.24) is 4.98 Å². The van der Waals surface area contributed by atoms with Crippen LogP contribution in [0.2, 0.25) is 0 Å². The van der Waals surface area contributed by atoms with Crippen LogP contribution in [-0.2, 0) is 32.3 Å². The molecule has 0 fully saturated rings. The Bertz CT molecular complexity index is 1570. The SMILES string of the molecule is CC(C)c1cccc(C(C)C)c1[N-]c1cccc2ccc(-c3cccc4c3C([N-]C3=CCCC=C3)CCC4)nc12.[CH3-].[CH3-].[Hf+4]. The molecule has 0 bridgehead atoms. The minimum atomic E-state index is 0. The summed E-state index contributed by atoms with van der Waals surface area (Å²) in [5, 5.41) is 11.7. The van der Waals surface area contributed by atoms with Crippen LogP contribution in [-0.4, -0.2) is 4.98 Å². The van der Waals surface area contributed by atoms with Crippen molar-refractivity contribution in [3.05, 3.63) is 138 Å². The van der Waals surface area contributed by atoms with E-state index in [-0.39, 0.29) is 46.7 Å². The van der Waals surface area contributed by atoms with Crippen LogP contribution in [0, 0.1) is 14.9 Å². The molecule has 1 heterocycles. The van der Waals surface area contributed by atoms with Gasteiger partial charge in [0.05, 0.1) is 11.2 Å². The van der Waals surface area contributed by atoms with Gasteiger partial charge in [0.15, 0.2) is 0 Å². The number of benzene rings is 3. The summed E-state index contributed by atoms with van der Waals surface area (Å²) < 4.78 is 0. The Kier molecular flexibility index (Phi) is 12.2. The molecular weight excluding hydrogens is 689 g/mol. The third-order valence-corrected chi connectivity index (χ3v) is 8.28. The Morgan fingerprint density at radius 3 is 2.23 bits per heavy atom. The summed E-state index contributed by atoms with van der Waals surface area (Å²) in [7, 11) is 0. The van der Waals surface area contributed by atoms with Gasteiger partial charge in [0.1, 0.15) is 0 Å². The van der Waals surface area contributed by atoms with Crippen molar-refractivity contribution >= 4 is 22.3 Å². The maximum atomic E-state index is 5.33. The number of pyridine rings is 1. The first-order chi connectivity index (χ1) is 19.5. The molecule has 1 unspecified atom stereocenters. The van der Waals surface area contributed by atoms with Crippen molar-refractivity contribution in [2.24, 2.45) is 0 Å². The van der Waals surface area contributed by atoms with Gasteiger partial charge in [-0.2, -0.15) is 0 Å². The van der Waals surface area contributed by atoms with Crippen LogP contribution in [0.5, 0.6) is 0 Å². The number of fused-ring (bicyclic) bond motifs is 2. The van der Waals surface area contributed by atoms with Crippen molar-refractivity contribution < 1.29 is 25.8 Å². The van der Waals surface area contributed by atoms with E-state index in [1.165, 1.54) is 34.2 Å². The molecule has 3 aromatic carbocycles. The molecule has 6 rings (SSSR count). The van der Waals surface area contributed by atoms with E-state index < -0.39 is 0 Å². The molecule has 4 aromatic rings. The number of aryl methyl sites for hydroxylation is 1. The minimum Gasteiger partial charge on any atom is -0.678 e. The zero-order valence-corrected chi connectivity index (χ0v) is 30.3. The molecule has 0 amide bonds. The Labute approximate surface area is 279 Å². The van der Waals surface area contributed by atoms with Crippen molar-refractivity contribution in [3.8, 4) is 11.3 Å². The van der Waals surface area contributed by atoms with Gasteiger partial charge in [-0.1, -0.05) is 137 Å². The van der Waals surface area contributed by atoms with Gasteiger partial charge in [0.2, 0.25) is 0 Å². The first-order valence-corrected chi connectivity index (χ1v) is 14.9. The average Bonchev–Trinajstić information content (AvgIpc) is 2.97. The van der Waals surface area contributed by atoms with E-state index in [0.717, 1.165) is 59.4 Å². The monoisotopic (exact) mass is 735 g/mol. The number of hydrogen-bond donors (Lipinski definition) is 0. The molecule has 43 heavy (non-hydrogen) atoms. The van der Waals surface area contributed by atoms with Crippen LogP contribution in [0.4, 0.5) is 11.4 Å². The van der Waals surface area contributed by atoms with Crippen LogP contribution in [0.25, 0.3) is 32.8 Å². The molecule has 3 nitrogen and oxygen atoms in total. The Morgan fingerprint density at radius 2 is 1.53 bits per heavy atom. The third kappa shape index (κ3) is 7.23. The average molecular weight is 734 g/mol. The van der Waals surface area contributed by atoms with Gasteiger partial charge >= 0.3 is 25.8 Å². The van der Waals surface area contributed by atoms with Crippen LogP contribution < -0.4 is 0 Å². The Balaban J connectivity index is 0.00000169. The largest absolute Gasteiger partial charge is 4.00 e. The summed E-state index contributed by atoms with van der Waals surface area (Å²) in [4.78, 5) is 5.32. The van der Waals surface area contributed by atoms with Crippen LogP contribution in [0.15, 0.2) is 90.7 Å². The van der Waals surface area contributed by atoms with E-state index in [9.17, 15) is 0 Å². The van der Waals surface area contributed by atoms with E-state index in [4.69, 9.17) is 15.6 Å². The second kappa shape index (κ2) is 15.1. The van der Waals surface area contributed by atoms with Gasteiger partial charge < -0.3 is 25.5 Å². The first-order valence-electron chi connectivity index (χ1n) is 14.9. The summed E-state index contributed by atoms with van der Waals surface area (Å²) >= 11 is 0. The van der Waals surface area contributed by atoms with Crippen LogP contribution in [0.3, 0.4) is 0 Å². The predicted molar refractivity (Wildman–Crippen MR) is 183 cm³/mol. The van der Waals surface area contributed by atoms with Gasteiger partial charge in [0.25, 0.3) is 0 Å². The Morgan fingerprint density at radius 1 is 0.814 bits per heavy atom. The standard InChI is InChI=1S/C37H39N3.2CH3.Hf/c1-24(2)29-17-11-18-30(25(3)4)37(29)40-34-21-10-14-27-22-23-32(39-36(27)34)31-19-8-12-26-13-9-20-33(35(26)31)38-28-15-6-5-7-16-28;;;/h6,8,10-12,14-19,21-25,33H,5,7,9,13,20H2,1-4H3;2*1H3;/q-2;2*-1;+4. The van der Waals surface area contributed by atoms with Crippen LogP contribution in [0.1, 0.15) is 93.5 Å². The van der Waals surface area contributed by atoms with E-state index >= 15 is 0 Å². The fourth-order valence-corrected chi connectivity index (χ4v) is 6.22. The van der Waals surface area contributed by atoms with E-state index in [1.807, 2.05) is 0 Å². The molecule has 0 saturated heterocycles. The summed E-state index contributed by atoms with van der Waals surface area (Å²) in [6.07, 6.45) is 12.2. The van der Waals surface area contributed by atoms with E-state index in [0.29, 0.717) is 11.8 Å². The number of rotatable bonds is 7. The third-order valence-electron chi connectivity index (χ3n) is 8.28. The summed E-state index contributed by atoms with van der Waals surface area (Å²) in [5.74, 6) is 0.781. The maximum absolute atomic E-state index is 5.33. The number of para-hydroxylation sites is 2. The molecule has 2 aliphatic carbocycles. The normalized spacial score (nSPS) is 15.6. The van der Waals surface area contributed by atoms with Gasteiger partial charge in [-0.15, -0.1) is 17.1 Å². The zero-order valence-electron chi connectivity index (χ0n) is 26.7. The molecule has 220 valence electrons. The number of nitrogens with zero attached hydrogens (tertiary/aromatic N) is 3. The van der Waals surface area contributed by atoms with Crippen molar-refractivity contribution in [2.75, 3.05) is 0 Å². The van der Waals surface area contributed by atoms with Crippen molar-refractivity contribution in [1.29, 1.82) is 0 Å². The van der Waals surface area contributed by atoms with Crippen LogP contribution >= 0.6 is 0 Å². The molecule has 0 spiro atoms. The summed E-state index contributed by atoms with van der Waals surface area (Å²) in [6, 6.07) is 24.2. The van der Waals surface area contributed by atoms with Gasteiger partial charge in [-0.25, -0.2) is 4.98 Å². The molecule has 4 heteroatoms. The fraction of sp³-hybridized carbons (Fsp3) is 0.308. The Hall–Kier alpha value is -2.98. The van der Waals surface area contributed by atoms with E-state index in [2.05, 4.69) is 113 Å². The van der Waals surface area contributed by atoms with Gasteiger partial charge in [-0.3, -0.25) is 0 Å². The van der Waals surface area contributed by atoms with Crippen molar-refractivity contribution in [2.45, 2.75) is 77.7 Å². The zero-order chi connectivity index (χ0) is 27.6. The second-order valence-corrected chi connectivity index (χ2v) is 11.8. The van der Waals surface area contributed by atoms with E-state index in [1.54, 1.807) is 0 Å². The summed E-state index contributed by atoms with van der Waals surface area (Å²) in [5.41, 5.74) is 11.6. The quantitative estimate of drug-likeness (QED) is 0.138. The molecular formula is C39H45HfN3. The molecule has 0 N–H and O–H groups in total. The molecule has 1 aromatic heterocycles. The fourth-order valence-electron chi connectivity index (χ4n) is 6.22. The maximum Gasteiger partial charge on any atom is 4.00 e. The molecule has 0 saturated carbocycles. The molecule has 0 radical (unpaired) electrons. The minimum absolute atomic E-state index is 0. The second-order valence-electron chi connectivity index (χ2n) is 11.8. The smallest absolute Gasteiger partial charge is 0.678 e. The topological polar surface area (TPSA) is 41.1 Å².